The van der Waals surface area contributed by atoms with E-state index in [9.17, 15) is 4.79 Å². The molecule has 0 bridgehead atoms. The summed E-state index contributed by atoms with van der Waals surface area (Å²) in [6.45, 7) is 2.35. The van der Waals surface area contributed by atoms with E-state index >= 15 is 0 Å². The fourth-order valence-electron chi connectivity index (χ4n) is 2.98. The van der Waals surface area contributed by atoms with Gasteiger partial charge in [0, 0.05) is 23.2 Å². The fraction of sp³-hybridized carbons (Fsp3) is 0.150. The molecule has 0 unspecified atom stereocenters. The summed E-state index contributed by atoms with van der Waals surface area (Å²) in [5.74, 6) is 0.607. The van der Waals surface area contributed by atoms with E-state index in [1.807, 2.05) is 59.3 Å². The van der Waals surface area contributed by atoms with Crippen LogP contribution >= 0.6 is 11.3 Å². The van der Waals surface area contributed by atoms with Gasteiger partial charge in [-0.1, -0.05) is 24.3 Å². The van der Waals surface area contributed by atoms with E-state index in [-0.39, 0.29) is 5.91 Å². The highest BCUT2D eigenvalue weighted by Crippen LogP contribution is 2.23. The Morgan fingerprint density at radius 1 is 1.30 bits per heavy atom. The van der Waals surface area contributed by atoms with Crippen molar-refractivity contribution < 1.29 is 4.79 Å². The first-order valence-electron chi connectivity index (χ1n) is 8.60. The number of carbonyl (C=O) groups is 1. The van der Waals surface area contributed by atoms with Crippen LogP contribution in [-0.2, 0) is 17.8 Å². The summed E-state index contributed by atoms with van der Waals surface area (Å²) in [6.07, 6.45) is 3.96. The van der Waals surface area contributed by atoms with Crippen LogP contribution in [0.5, 0.6) is 0 Å². The van der Waals surface area contributed by atoms with Gasteiger partial charge in [0.1, 0.15) is 5.82 Å². The van der Waals surface area contributed by atoms with Gasteiger partial charge >= 0.3 is 0 Å². The van der Waals surface area contributed by atoms with E-state index in [1.54, 1.807) is 17.5 Å². The Hall–Kier alpha value is -3.03. The third-order valence-electron chi connectivity index (χ3n) is 4.31. The van der Waals surface area contributed by atoms with Gasteiger partial charge in [0.2, 0.25) is 5.91 Å². The van der Waals surface area contributed by atoms with Crippen LogP contribution in [-0.4, -0.2) is 20.3 Å². The number of nitrogens with two attached hydrogens (primary N) is 1. The first kappa shape index (κ1) is 17.4. The number of nitrogens with zero attached hydrogens (tertiary/aromatic N) is 3. The molecular formula is C20H19N5OS. The van der Waals surface area contributed by atoms with E-state index in [0.29, 0.717) is 24.4 Å². The average molecular weight is 377 g/mol. The van der Waals surface area contributed by atoms with E-state index in [2.05, 4.69) is 15.3 Å². The Morgan fingerprint density at radius 2 is 2.19 bits per heavy atom. The Bertz CT molecular complexity index is 1100. The number of fused-ring (bicyclic) bond motifs is 1. The van der Waals surface area contributed by atoms with Crippen LogP contribution in [0.3, 0.4) is 0 Å². The van der Waals surface area contributed by atoms with Gasteiger partial charge in [-0.05, 0) is 30.0 Å². The third kappa shape index (κ3) is 3.60. The Morgan fingerprint density at radius 3 is 2.96 bits per heavy atom. The van der Waals surface area contributed by atoms with E-state index in [4.69, 9.17) is 5.73 Å². The number of nitrogens with one attached hydrogen (secondary N) is 1. The molecule has 0 aliphatic heterocycles. The van der Waals surface area contributed by atoms with Crippen molar-refractivity contribution in [3.05, 3.63) is 70.3 Å². The summed E-state index contributed by atoms with van der Waals surface area (Å²) in [7, 11) is 0. The van der Waals surface area contributed by atoms with Crippen molar-refractivity contribution in [1.29, 1.82) is 0 Å². The second-order valence-corrected chi connectivity index (χ2v) is 7.29. The predicted molar refractivity (Wildman–Crippen MR) is 108 cm³/mol. The summed E-state index contributed by atoms with van der Waals surface area (Å²) < 4.78 is 1.87. The van der Waals surface area contributed by atoms with E-state index < -0.39 is 0 Å². The standard InChI is InChI=1S/C20H19N5OS/c1-13-20(24-19(26)9-16-6-3-7-27-16)25-12-17(22-11-18(25)23-13)15-5-2-4-14(8-15)10-21/h2-8,11-12H,9-10,21H2,1H3,(H,24,26). The molecule has 27 heavy (non-hydrogen) atoms. The second-order valence-electron chi connectivity index (χ2n) is 6.26. The number of amides is 1. The van der Waals surface area contributed by atoms with Crippen LogP contribution < -0.4 is 11.1 Å². The third-order valence-corrected chi connectivity index (χ3v) is 5.19. The highest BCUT2D eigenvalue weighted by Gasteiger charge is 2.14. The number of imidazole rings is 1. The molecular weight excluding hydrogens is 358 g/mol. The topological polar surface area (TPSA) is 85.3 Å². The molecule has 4 aromatic rings. The van der Waals surface area contributed by atoms with Crippen LogP contribution in [0.15, 0.2) is 54.2 Å². The molecule has 7 heteroatoms. The molecule has 3 heterocycles. The van der Waals surface area contributed by atoms with Crippen molar-refractivity contribution in [2.75, 3.05) is 5.32 Å². The number of benzene rings is 1. The molecule has 0 fully saturated rings. The van der Waals surface area contributed by atoms with Gasteiger partial charge in [-0.15, -0.1) is 11.3 Å². The quantitative estimate of drug-likeness (QED) is 0.558. The number of aryl methyl sites for hydroxylation is 1. The van der Waals surface area contributed by atoms with Gasteiger partial charge in [0.15, 0.2) is 5.65 Å². The molecule has 1 amide bonds. The monoisotopic (exact) mass is 377 g/mol. The molecule has 0 saturated heterocycles. The van der Waals surface area contributed by atoms with Gasteiger partial charge < -0.3 is 11.1 Å². The van der Waals surface area contributed by atoms with Crippen LogP contribution in [0.25, 0.3) is 16.9 Å². The van der Waals surface area contributed by atoms with Crippen molar-refractivity contribution in [3.8, 4) is 11.3 Å². The first-order valence-corrected chi connectivity index (χ1v) is 9.48. The summed E-state index contributed by atoms with van der Waals surface area (Å²) in [6, 6.07) is 11.9. The van der Waals surface area contributed by atoms with Crippen molar-refractivity contribution in [2.45, 2.75) is 19.9 Å². The number of hydrogen-bond acceptors (Lipinski definition) is 5. The van der Waals surface area contributed by atoms with Crippen molar-refractivity contribution >= 4 is 28.7 Å². The van der Waals surface area contributed by atoms with Crippen LogP contribution in [0, 0.1) is 6.92 Å². The van der Waals surface area contributed by atoms with Gasteiger partial charge in [-0.3, -0.25) is 14.2 Å². The zero-order chi connectivity index (χ0) is 18.8. The molecule has 0 saturated carbocycles. The number of thiophene rings is 1. The summed E-state index contributed by atoms with van der Waals surface area (Å²) in [5, 5.41) is 4.96. The molecule has 0 radical (unpaired) electrons. The van der Waals surface area contributed by atoms with E-state index in [0.717, 1.165) is 27.4 Å². The summed E-state index contributed by atoms with van der Waals surface area (Å²) in [4.78, 5) is 22.5. The molecule has 3 aromatic heterocycles. The molecule has 1 aromatic carbocycles. The highest BCUT2D eigenvalue weighted by molar-refractivity contribution is 7.10. The fourth-order valence-corrected chi connectivity index (χ4v) is 3.68. The number of anilines is 1. The van der Waals surface area contributed by atoms with Crippen LogP contribution in [0.2, 0.25) is 0 Å². The van der Waals surface area contributed by atoms with E-state index in [1.165, 1.54) is 0 Å². The lowest BCUT2D eigenvalue weighted by molar-refractivity contribution is -0.115. The molecule has 0 atom stereocenters. The van der Waals surface area contributed by atoms with Gasteiger partial charge in [0.05, 0.1) is 24.0 Å². The lowest BCUT2D eigenvalue weighted by Gasteiger charge is -2.08. The van der Waals surface area contributed by atoms with Gasteiger partial charge in [-0.25, -0.2) is 4.98 Å². The Balaban J connectivity index is 1.68. The average Bonchev–Trinajstić information content (AvgIpc) is 3.29. The largest absolute Gasteiger partial charge is 0.326 e. The van der Waals surface area contributed by atoms with Crippen molar-refractivity contribution in [1.82, 2.24) is 14.4 Å². The van der Waals surface area contributed by atoms with Crippen LogP contribution in [0.4, 0.5) is 5.82 Å². The first-order chi connectivity index (χ1) is 13.1. The Labute approximate surface area is 160 Å². The number of hydrogen-bond donors (Lipinski definition) is 2. The minimum Gasteiger partial charge on any atom is -0.326 e. The predicted octanol–water partition coefficient (Wildman–Crippen LogP) is 3.41. The van der Waals surface area contributed by atoms with Crippen molar-refractivity contribution in [2.24, 2.45) is 5.73 Å². The minimum absolute atomic E-state index is 0.0640. The van der Waals surface area contributed by atoms with Crippen LogP contribution in [0.1, 0.15) is 16.1 Å². The zero-order valence-electron chi connectivity index (χ0n) is 14.8. The maximum Gasteiger partial charge on any atom is 0.230 e. The maximum atomic E-state index is 12.4. The molecule has 4 rings (SSSR count). The lowest BCUT2D eigenvalue weighted by Crippen LogP contribution is -2.15. The normalized spacial score (nSPS) is 11.0. The van der Waals surface area contributed by atoms with Gasteiger partial charge in [0.25, 0.3) is 0 Å². The second kappa shape index (κ2) is 7.30. The zero-order valence-corrected chi connectivity index (χ0v) is 15.7. The molecule has 6 nitrogen and oxygen atoms in total. The number of rotatable bonds is 5. The minimum atomic E-state index is -0.0640. The number of carbonyl (C=O) groups excluding carboxylic acids is 1. The SMILES string of the molecule is Cc1nc2cnc(-c3cccc(CN)c3)cn2c1NC(=O)Cc1cccs1. The maximum absolute atomic E-state index is 12.4. The summed E-state index contributed by atoms with van der Waals surface area (Å²) >= 11 is 1.57. The smallest absolute Gasteiger partial charge is 0.230 e. The van der Waals surface area contributed by atoms with Gasteiger partial charge in [-0.2, -0.15) is 0 Å². The molecule has 3 N–H and O–H groups in total. The summed E-state index contributed by atoms with van der Waals surface area (Å²) in [5.41, 5.74) is 10.0. The highest BCUT2D eigenvalue weighted by atomic mass is 32.1. The molecule has 0 aliphatic carbocycles. The Kier molecular flexibility index (Phi) is 4.70. The molecule has 136 valence electrons. The molecule has 0 aliphatic rings. The molecule has 0 spiro atoms. The lowest BCUT2D eigenvalue weighted by atomic mass is 10.1. The number of aromatic nitrogens is 3. The van der Waals surface area contributed by atoms with Crippen molar-refractivity contribution in [3.63, 3.8) is 0 Å².